The molecule has 2 rings (SSSR count). The Morgan fingerprint density at radius 1 is 1.35 bits per heavy atom. The summed E-state index contributed by atoms with van der Waals surface area (Å²) in [5.41, 5.74) is 1.60. The monoisotopic (exact) mass is 276 g/mol. The smallest absolute Gasteiger partial charge is 0.339 e. The van der Waals surface area contributed by atoms with Crippen molar-refractivity contribution in [2.45, 2.75) is 13.8 Å². The van der Waals surface area contributed by atoms with Gasteiger partial charge in [-0.15, -0.1) is 0 Å². The van der Waals surface area contributed by atoms with Gasteiger partial charge < -0.3 is 14.6 Å². The van der Waals surface area contributed by atoms with Crippen LogP contribution in [0.1, 0.15) is 21.7 Å². The number of ether oxygens (including phenoxy) is 2. The Morgan fingerprint density at radius 3 is 2.55 bits per heavy atom. The number of nitrogens with zero attached hydrogens (tertiary/aromatic N) is 2. The van der Waals surface area contributed by atoms with Crippen molar-refractivity contribution in [2.75, 3.05) is 7.11 Å². The van der Waals surface area contributed by atoms with Crippen LogP contribution >= 0.6 is 0 Å². The van der Waals surface area contributed by atoms with E-state index >= 15 is 0 Å². The molecule has 1 aromatic carbocycles. The molecule has 0 saturated heterocycles. The molecule has 0 aliphatic carbocycles. The van der Waals surface area contributed by atoms with Crippen molar-refractivity contribution in [1.29, 1.82) is 0 Å². The van der Waals surface area contributed by atoms with Crippen molar-refractivity contribution in [1.82, 2.24) is 9.78 Å². The molecule has 1 aromatic heterocycles. The lowest BCUT2D eigenvalue weighted by Gasteiger charge is -2.10. The van der Waals surface area contributed by atoms with Gasteiger partial charge in [-0.3, -0.25) is 4.68 Å². The zero-order chi connectivity index (χ0) is 14.9. The lowest BCUT2D eigenvalue weighted by molar-refractivity contribution is 0.0694. The quantitative estimate of drug-likeness (QED) is 0.928. The topological polar surface area (TPSA) is 73.6 Å². The number of aromatic carboxylic acids is 1. The van der Waals surface area contributed by atoms with Gasteiger partial charge in [-0.1, -0.05) is 0 Å². The first-order valence-electron chi connectivity index (χ1n) is 6.03. The van der Waals surface area contributed by atoms with Crippen LogP contribution in [-0.2, 0) is 7.05 Å². The van der Waals surface area contributed by atoms with E-state index < -0.39 is 5.97 Å². The van der Waals surface area contributed by atoms with Crippen molar-refractivity contribution >= 4 is 5.97 Å². The van der Waals surface area contributed by atoms with Crippen LogP contribution in [0.2, 0.25) is 0 Å². The number of aromatic nitrogens is 2. The van der Waals surface area contributed by atoms with Gasteiger partial charge in [0, 0.05) is 13.1 Å². The van der Waals surface area contributed by atoms with Crippen LogP contribution in [0.5, 0.6) is 17.2 Å². The molecule has 1 N–H and O–H groups in total. The number of benzene rings is 1. The Hall–Kier alpha value is -2.50. The summed E-state index contributed by atoms with van der Waals surface area (Å²) in [5, 5.41) is 13.4. The molecule has 0 aliphatic heterocycles. The van der Waals surface area contributed by atoms with Gasteiger partial charge in [0.15, 0.2) is 5.75 Å². The van der Waals surface area contributed by atoms with Crippen LogP contribution in [-0.4, -0.2) is 28.0 Å². The molecule has 0 amide bonds. The van der Waals surface area contributed by atoms with Gasteiger partial charge in [0.1, 0.15) is 22.8 Å². The number of carboxylic acid groups (broad SMARTS) is 1. The number of carbonyl (C=O) groups is 1. The third kappa shape index (κ3) is 2.45. The molecule has 2 aromatic rings. The number of hydrogen-bond acceptors (Lipinski definition) is 4. The normalized spacial score (nSPS) is 10.4. The fourth-order valence-electron chi connectivity index (χ4n) is 1.90. The summed E-state index contributed by atoms with van der Waals surface area (Å²) in [6, 6.07) is 4.59. The summed E-state index contributed by atoms with van der Waals surface area (Å²) >= 11 is 0. The van der Waals surface area contributed by atoms with Crippen LogP contribution in [0, 0.1) is 13.8 Å². The molecule has 0 aliphatic rings. The van der Waals surface area contributed by atoms with E-state index in [-0.39, 0.29) is 11.3 Å². The van der Waals surface area contributed by atoms with Crippen LogP contribution in [0.15, 0.2) is 18.2 Å². The lowest BCUT2D eigenvalue weighted by Crippen LogP contribution is -2.01. The third-order valence-corrected chi connectivity index (χ3v) is 3.07. The predicted octanol–water partition coefficient (Wildman–Crippen LogP) is 2.54. The Bertz CT molecular complexity index is 661. The van der Waals surface area contributed by atoms with E-state index in [0.717, 1.165) is 5.69 Å². The van der Waals surface area contributed by atoms with Crippen molar-refractivity contribution in [3.63, 3.8) is 0 Å². The molecular formula is C14H16N2O4. The SMILES string of the molecule is COc1ccc(C(=O)O)c(Oc2c(C)nn(C)c2C)c1. The molecule has 0 unspecified atom stereocenters. The number of aryl methyl sites for hydroxylation is 2. The Balaban J connectivity index is 2.48. The number of carboxylic acids is 1. The highest BCUT2D eigenvalue weighted by Gasteiger charge is 2.17. The minimum Gasteiger partial charge on any atom is -0.497 e. The minimum atomic E-state index is -1.05. The maximum Gasteiger partial charge on any atom is 0.339 e. The number of methoxy groups -OCH3 is 1. The molecule has 0 saturated carbocycles. The minimum absolute atomic E-state index is 0.0773. The van der Waals surface area contributed by atoms with E-state index in [0.29, 0.717) is 17.2 Å². The maximum absolute atomic E-state index is 11.2. The predicted molar refractivity (Wildman–Crippen MR) is 72.7 cm³/mol. The van der Waals surface area contributed by atoms with E-state index in [1.807, 2.05) is 13.8 Å². The van der Waals surface area contributed by atoms with Crippen LogP contribution in [0.3, 0.4) is 0 Å². The van der Waals surface area contributed by atoms with Gasteiger partial charge >= 0.3 is 5.97 Å². The molecule has 0 radical (unpaired) electrons. The molecule has 0 atom stereocenters. The van der Waals surface area contributed by atoms with Gasteiger partial charge in [-0.25, -0.2) is 4.79 Å². The average molecular weight is 276 g/mol. The second-order valence-corrected chi connectivity index (χ2v) is 4.39. The molecular weight excluding hydrogens is 260 g/mol. The van der Waals surface area contributed by atoms with Gasteiger partial charge in [0.05, 0.1) is 12.8 Å². The summed E-state index contributed by atoms with van der Waals surface area (Å²) in [5.74, 6) is 0.269. The molecule has 6 nitrogen and oxygen atoms in total. The molecule has 0 fully saturated rings. The fourth-order valence-corrected chi connectivity index (χ4v) is 1.90. The number of hydrogen-bond donors (Lipinski definition) is 1. The fraction of sp³-hybridized carbons (Fsp3) is 0.286. The Morgan fingerprint density at radius 2 is 2.05 bits per heavy atom. The second-order valence-electron chi connectivity index (χ2n) is 4.39. The second kappa shape index (κ2) is 5.24. The summed E-state index contributed by atoms with van der Waals surface area (Å²) in [6.45, 7) is 3.67. The highest BCUT2D eigenvalue weighted by molar-refractivity contribution is 5.91. The average Bonchev–Trinajstić information content (AvgIpc) is 2.65. The van der Waals surface area contributed by atoms with Gasteiger partial charge in [-0.2, -0.15) is 5.10 Å². The molecule has 1 heterocycles. The molecule has 20 heavy (non-hydrogen) atoms. The largest absolute Gasteiger partial charge is 0.497 e. The highest BCUT2D eigenvalue weighted by Crippen LogP contribution is 2.32. The Labute approximate surface area is 116 Å². The molecule has 106 valence electrons. The van der Waals surface area contributed by atoms with Crippen LogP contribution in [0.25, 0.3) is 0 Å². The van der Waals surface area contributed by atoms with Crippen molar-refractivity contribution in [2.24, 2.45) is 7.05 Å². The van der Waals surface area contributed by atoms with E-state index in [9.17, 15) is 9.90 Å². The van der Waals surface area contributed by atoms with Gasteiger partial charge in [-0.05, 0) is 26.0 Å². The first kappa shape index (κ1) is 13.9. The summed E-state index contributed by atoms with van der Waals surface area (Å²) in [4.78, 5) is 11.2. The molecule has 0 bridgehead atoms. The van der Waals surface area contributed by atoms with Crippen molar-refractivity contribution in [3.8, 4) is 17.2 Å². The van der Waals surface area contributed by atoms with E-state index in [2.05, 4.69) is 5.10 Å². The standard InChI is InChI=1S/C14H16N2O4/c1-8-13(9(2)16(3)15-8)20-12-7-10(19-4)5-6-11(12)14(17)18/h5-7H,1-4H3,(H,17,18). The third-order valence-electron chi connectivity index (χ3n) is 3.07. The lowest BCUT2D eigenvalue weighted by atomic mass is 10.2. The summed E-state index contributed by atoms with van der Waals surface area (Å²) in [7, 11) is 3.32. The molecule has 0 spiro atoms. The number of rotatable bonds is 4. The summed E-state index contributed by atoms with van der Waals surface area (Å²) < 4.78 is 12.5. The Kier molecular flexibility index (Phi) is 3.65. The van der Waals surface area contributed by atoms with E-state index in [1.165, 1.54) is 13.2 Å². The molecule has 6 heteroatoms. The van der Waals surface area contributed by atoms with Crippen molar-refractivity contribution in [3.05, 3.63) is 35.2 Å². The zero-order valence-corrected chi connectivity index (χ0v) is 11.8. The van der Waals surface area contributed by atoms with Crippen LogP contribution < -0.4 is 9.47 Å². The maximum atomic E-state index is 11.2. The van der Waals surface area contributed by atoms with Gasteiger partial charge in [0.25, 0.3) is 0 Å². The summed E-state index contributed by atoms with van der Waals surface area (Å²) in [6.07, 6.45) is 0. The highest BCUT2D eigenvalue weighted by atomic mass is 16.5. The van der Waals surface area contributed by atoms with E-state index in [1.54, 1.807) is 23.9 Å². The van der Waals surface area contributed by atoms with Gasteiger partial charge in [0.2, 0.25) is 0 Å². The van der Waals surface area contributed by atoms with E-state index in [4.69, 9.17) is 9.47 Å². The first-order valence-corrected chi connectivity index (χ1v) is 6.03. The first-order chi connectivity index (χ1) is 9.43. The zero-order valence-electron chi connectivity index (χ0n) is 11.8. The van der Waals surface area contributed by atoms with Crippen LogP contribution in [0.4, 0.5) is 0 Å². The van der Waals surface area contributed by atoms with Crippen molar-refractivity contribution < 1.29 is 19.4 Å².